The average molecular weight is 413 g/mol. The normalized spacial score (nSPS) is 18.9. The van der Waals surface area contributed by atoms with Crippen molar-refractivity contribution in [2.75, 3.05) is 49.2 Å². The molecule has 8 heteroatoms. The first-order valence-electron chi connectivity index (χ1n) is 10.6. The van der Waals surface area contributed by atoms with Gasteiger partial charge in [0.15, 0.2) is 0 Å². The highest BCUT2D eigenvalue weighted by atomic mass is 19.1. The molecule has 2 saturated heterocycles. The van der Waals surface area contributed by atoms with Crippen LogP contribution < -0.4 is 15.1 Å². The Morgan fingerprint density at radius 1 is 1.07 bits per heavy atom. The van der Waals surface area contributed by atoms with E-state index in [9.17, 15) is 9.18 Å². The lowest BCUT2D eigenvalue weighted by Gasteiger charge is -2.33. The Morgan fingerprint density at radius 3 is 2.33 bits per heavy atom. The maximum atomic E-state index is 13.1. The Labute approximate surface area is 176 Å². The number of hydrogen-bond donors (Lipinski definition) is 1. The molecule has 0 radical (unpaired) electrons. The molecule has 0 aliphatic carbocycles. The number of aromatic nitrogens is 2. The number of morpholine rings is 1. The van der Waals surface area contributed by atoms with Gasteiger partial charge in [0.25, 0.3) is 0 Å². The van der Waals surface area contributed by atoms with Gasteiger partial charge in [-0.25, -0.2) is 14.4 Å². The zero-order valence-corrected chi connectivity index (χ0v) is 17.3. The highest BCUT2D eigenvalue weighted by molar-refractivity contribution is 5.79. The van der Waals surface area contributed by atoms with Crippen molar-refractivity contribution in [3.05, 3.63) is 48.0 Å². The second-order valence-electron chi connectivity index (χ2n) is 7.88. The molecule has 1 aromatic heterocycles. The molecule has 1 amide bonds. The predicted molar refractivity (Wildman–Crippen MR) is 113 cm³/mol. The van der Waals surface area contributed by atoms with Crippen LogP contribution in [0.3, 0.4) is 0 Å². The number of benzene rings is 1. The minimum atomic E-state index is -0.272. The molecule has 2 fully saturated rings. The molecule has 2 aromatic rings. The van der Waals surface area contributed by atoms with Crippen LogP contribution in [0.25, 0.3) is 0 Å². The molecular weight excluding hydrogens is 385 g/mol. The second-order valence-corrected chi connectivity index (χ2v) is 7.88. The van der Waals surface area contributed by atoms with Gasteiger partial charge in [0, 0.05) is 32.1 Å². The number of rotatable bonds is 5. The van der Waals surface area contributed by atoms with Crippen molar-refractivity contribution in [2.45, 2.75) is 25.8 Å². The SMILES string of the molecule is C[C@@H](NC(=O)C1CCN(c2cnc(N3CCOCC3)nc2)CC1)c1ccc(F)cc1. The van der Waals surface area contributed by atoms with Crippen molar-refractivity contribution in [2.24, 2.45) is 5.92 Å². The van der Waals surface area contributed by atoms with Crippen LogP contribution in [0.5, 0.6) is 0 Å². The number of ether oxygens (including phenoxy) is 1. The fourth-order valence-electron chi connectivity index (χ4n) is 3.97. The molecule has 4 rings (SSSR count). The van der Waals surface area contributed by atoms with Crippen molar-refractivity contribution in [1.82, 2.24) is 15.3 Å². The summed E-state index contributed by atoms with van der Waals surface area (Å²) in [6, 6.07) is 6.12. The third-order valence-electron chi connectivity index (χ3n) is 5.88. The van der Waals surface area contributed by atoms with Gasteiger partial charge in [0.05, 0.1) is 37.3 Å². The fraction of sp³-hybridized carbons (Fsp3) is 0.500. The highest BCUT2D eigenvalue weighted by Crippen LogP contribution is 2.24. The zero-order valence-electron chi connectivity index (χ0n) is 17.3. The van der Waals surface area contributed by atoms with E-state index in [2.05, 4.69) is 25.1 Å². The lowest BCUT2D eigenvalue weighted by molar-refractivity contribution is -0.126. The van der Waals surface area contributed by atoms with Gasteiger partial charge in [-0.15, -0.1) is 0 Å². The molecule has 1 N–H and O–H groups in total. The van der Waals surface area contributed by atoms with Crippen molar-refractivity contribution in [3.8, 4) is 0 Å². The molecule has 2 aliphatic heterocycles. The minimum absolute atomic E-state index is 0.0160. The Hall–Kier alpha value is -2.74. The van der Waals surface area contributed by atoms with Crippen molar-refractivity contribution >= 4 is 17.5 Å². The van der Waals surface area contributed by atoms with Crippen LogP contribution >= 0.6 is 0 Å². The lowest BCUT2D eigenvalue weighted by atomic mass is 9.95. The molecule has 30 heavy (non-hydrogen) atoms. The number of carbonyl (C=O) groups is 1. The van der Waals surface area contributed by atoms with Gasteiger partial charge < -0.3 is 19.9 Å². The van der Waals surface area contributed by atoms with Crippen LogP contribution in [0, 0.1) is 11.7 Å². The highest BCUT2D eigenvalue weighted by Gasteiger charge is 2.26. The van der Waals surface area contributed by atoms with E-state index in [1.807, 2.05) is 19.3 Å². The number of hydrogen-bond acceptors (Lipinski definition) is 6. The Kier molecular flexibility index (Phi) is 6.42. The number of halogens is 1. The summed E-state index contributed by atoms with van der Waals surface area (Å²) in [5.74, 6) is 0.515. The zero-order chi connectivity index (χ0) is 20.9. The largest absolute Gasteiger partial charge is 0.378 e. The molecular formula is C22H28FN5O2. The van der Waals surface area contributed by atoms with Crippen LogP contribution in [0.1, 0.15) is 31.4 Å². The molecule has 7 nitrogen and oxygen atoms in total. The van der Waals surface area contributed by atoms with Gasteiger partial charge in [-0.1, -0.05) is 12.1 Å². The molecule has 0 bridgehead atoms. The van der Waals surface area contributed by atoms with E-state index in [1.165, 1.54) is 12.1 Å². The van der Waals surface area contributed by atoms with Crippen molar-refractivity contribution < 1.29 is 13.9 Å². The Morgan fingerprint density at radius 2 is 1.70 bits per heavy atom. The van der Waals surface area contributed by atoms with Crippen LogP contribution in [-0.2, 0) is 9.53 Å². The molecule has 160 valence electrons. The number of nitrogens with one attached hydrogen (secondary N) is 1. The predicted octanol–water partition coefficient (Wildman–Crippen LogP) is 2.55. The van der Waals surface area contributed by atoms with E-state index < -0.39 is 0 Å². The molecule has 0 saturated carbocycles. The van der Waals surface area contributed by atoms with Crippen molar-refractivity contribution in [3.63, 3.8) is 0 Å². The van der Waals surface area contributed by atoms with Gasteiger partial charge in [-0.05, 0) is 37.5 Å². The standard InChI is InChI=1S/C22H28FN5O2/c1-16(17-2-4-19(23)5-3-17)26-21(29)18-6-8-27(9-7-18)20-14-24-22(25-15-20)28-10-12-30-13-11-28/h2-5,14-16,18H,6-13H2,1H3,(H,26,29)/t16-/m1/s1. The molecule has 0 unspecified atom stereocenters. The molecule has 3 heterocycles. The smallest absolute Gasteiger partial charge is 0.225 e. The number of nitrogens with zero attached hydrogens (tertiary/aromatic N) is 4. The number of carbonyl (C=O) groups excluding carboxylic acids is 1. The monoisotopic (exact) mass is 413 g/mol. The van der Waals surface area contributed by atoms with Crippen LogP contribution in [0.2, 0.25) is 0 Å². The maximum absolute atomic E-state index is 13.1. The number of anilines is 2. The summed E-state index contributed by atoms with van der Waals surface area (Å²) in [4.78, 5) is 26.1. The summed E-state index contributed by atoms with van der Waals surface area (Å²) in [5, 5.41) is 3.06. The molecule has 2 aliphatic rings. The van der Waals surface area contributed by atoms with E-state index in [4.69, 9.17) is 4.74 Å². The van der Waals surface area contributed by atoms with Gasteiger partial charge >= 0.3 is 0 Å². The first kappa shape index (κ1) is 20.5. The van der Waals surface area contributed by atoms with Gasteiger partial charge in [0.2, 0.25) is 11.9 Å². The summed E-state index contributed by atoms with van der Waals surface area (Å²) in [7, 11) is 0. The minimum Gasteiger partial charge on any atom is -0.378 e. The van der Waals surface area contributed by atoms with E-state index in [-0.39, 0.29) is 23.7 Å². The van der Waals surface area contributed by atoms with E-state index in [0.29, 0.717) is 13.2 Å². The first-order chi connectivity index (χ1) is 14.6. The molecule has 0 spiro atoms. The summed E-state index contributed by atoms with van der Waals surface area (Å²) in [5.41, 5.74) is 1.89. The molecule has 1 aromatic carbocycles. The van der Waals surface area contributed by atoms with Crippen molar-refractivity contribution in [1.29, 1.82) is 0 Å². The summed E-state index contributed by atoms with van der Waals surface area (Å²) < 4.78 is 18.5. The average Bonchev–Trinajstić information content (AvgIpc) is 2.80. The van der Waals surface area contributed by atoms with E-state index >= 15 is 0 Å². The van der Waals surface area contributed by atoms with Gasteiger partial charge in [-0.3, -0.25) is 4.79 Å². The Balaban J connectivity index is 1.28. The van der Waals surface area contributed by atoms with Gasteiger partial charge in [0.1, 0.15) is 5.82 Å². The maximum Gasteiger partial charge on any atom is 0.225 e. The number of amides is 1. The summed E-state index contributed by atoms with van der Waals surface area (Å²) in [6.45, 7) is 6.56. The summed E-state index contributed by atoms with van der Waals surface area (Å²) >= 11 is 0. The van der Waals surface area contributed by atoms with Crippen LogP contribution in [-0.4, -0.2) is 55.3 Å². The first-order valence-corrected chi connectivity index (χ1v) is 10.6. The van der Waals surface area contributed by atoms with Crippen LogP contribution in [0.15, 0.2) is 36.7 Å². The lowest BCUT2D eigenvalue weighted by Crippen LogP contribution is -2.41. The quantitative estimate of drug-likeness (QED) is 0.812. The van der Waals surface area contributed by atoms with E-state index in [0.717, 1.165) is 56.2 Å². The summed E-state index contributed by atoms with van der Waals surface area (Å²) in [6.07, 6.45) is 5.31. The van der Waals surface area contributed by atoms with E-state index in [1.54, 1.807) is 12.1 Å². The third-order valence-corrected chi connectivity index (χ3v) is 5.88. The fourth-order valence-corrected chi connectivity index (χ4v) is 3.97. The van der Waals surface area contributed by atoms with Crippen LogP contribution in [0.4, 0.5) is 16.0 Å². The van der Waals surface area contributed by atoms with Gasteiger partial charge in [-0.2, -0.15) is 0 Å². The molecule has 1 atom stereocenters. The second kappa shape index (κ2) is 9.38. The third kappa shape index (κ3) is 4.87. The topological polar surface area (TPSA) is 70.6 Å². The number of piperidine rings is 1. The Bertz CT molecular complexity index is 832.